The maximum absolute atomic E-state index is 12.8. The van der Waals surface area contributed by atoms with Gasteiger partial charge in [0, 0.05) is 5.56 Å². The van der Waals surface area contributed by atoms with Crippen LogP contribution in [-0.2, 0) is 4.79 Å². The van der Waals surface area contributed by atoms with Gasteiger partial charge in [-0.2, -0.15) is 5.10 Å². The SMILES string of the molecule is O=C(N/N=C\c1ccccc1)/C(=C\c1ccc2c(c1)OCO2)NC(=O)c1ccccc1. The zero-order valence-corrected chi connectivity index (χ0v) is 16.4. The van der Waals surface area contributed by atoms with E-state index in [1.807, 2.05) is 36.4 Å². The van der Waals surface area contributed by atoms with Crippen molar-refractivity contribution in [3.05, 3.63) is 101 Å². The van der Waals surface area contributed by atoms with E-state index in [0.717, 1.165) is 5.56 Å². The van der Waals surface area contributed by atoms with Gasteiger partial charge in [0.25, 0.3) is 11.8 Å². The maximum Gasteiger partial charge on any atom is 0.287 e. The van der Waals surface area contributed by atoms with Crippen LogP contribution in [0.1, 0.15) is 21.5 Å². The minimum Gasteiger partial charge on any atom is -0.454 e. The third-order valence-corrected chi connectivity index (χ3v) is 4.42. The van der Waals surface area contributed by atoms with E-state index >= 15 is 0 Å². The molecule has 0 bridgehead atoms. The van der Waals surface area contributed by atoms with Gasteiger partial charge >= 0.3 is 0 Å². The Morgan fingerprint density at radius 1 is 0.839 bits per heavy atom. The Morgan fingerprint density at radius 2 is 1.55 bits per heavy atom. The lowest BCUT2D eigenvalue weighted by atomic mass is 10.1. The van der Waals surface area contributed by atoms with Crippen LogP contribution in [0.2, 0.25) is 0 Å². The van der Waals surface area contributed by atoms with E-state index in [1.54, 1.807) is 48.5 Å². The second kappa shape index (κ2) is 9.41. The molecule has 0 spiro atoms. The molecule has 0 saturated heterocycles. The highest BCUT2D eigenvalue weighted by Crippen LogP contribution is 2.33. The zero-order valence-electron chi connectivity index (χ0n) is 16.4. The van der Waals surface area contributed by atoms with Crippen LogP contribution in [0.25, 0.3) is 6.08 Å². The quantitative estimate of drug-likeness (QED) is 0.369. The largest absolute Gasteiger partial charge is 0.454 e. The lowest BCUT2D eigenvalue weighted by molar-refractivity contribution is -0.117. The number of nitrogens with zero attached hydrogens (tertiary/aromatic N) is 1. The lowest BCUT2D eigenvalue weighted by Crippen LogP contribution is -2.32. The molecule has 2 amide bonds. The number of carbonyl (C=O) groups excluding carboxylic acids is 2. The number of ether oxygens (including phenoxy) is 2. The Hall–Kier alpha value is -4.39. The Morgan fingerprint density at radius 3 is 2.32 bits per heavy atom. The molecule has 0 aromatic heterocycles. The first kappa shape index (κ1) is 19.9. The lowest BCUT2D eigenvalue weighted by Gasteiger charge is -2.09. The fraction of sp³-hybridized carbons (Fsp3) is 0.0417. The van der Waals surface area contributed by atoms with Gasteiger partial charge in [-0.3, -0.25) is 9.59 Å². The Kier molecular flexibility index (Phi) is 6.04. The molecule has 1 aliphatic rings. The van der Waals surface area contributed by atoms with Crippen molar-refractivity contribution >= 4 is 24.1 Å². The van der Waals surface area contributed by atoms with Gasteiger partial charge in [-0.05, 0) is 41.5 Å². The highest BCUT2D eigenvalue weighted by molar-refractivity contribution is 6.05. The average Bonchev–Trinajstić information content (AvgIpc) is 3.28. The number of carbonyl (C=O) groups is 2. The van der Waals surface area contributed by atoms with Gasteiger partial charge in [-0.25, -0.2) is 5.43 Å². The minimum absolute atomic E-state index is 0.0398. The van der Waals surface area contributed by atoms with E-state index in [2.05, 4.69) is 15.8 Å². The molecule has 4 rings (SSSR count). The number of hydrogen-bond donors (Lipinski definition) is 2. The molecule has 2 N–H and O–H groups in total. The van der Waals surface area contributed by atoms with Crippen molar-refractivity contribution in [2.45, 2.75) is 0 Å². The van der Waals surface area contributed by atoms with Crippen molar-refractivity contribution in [3.8, 4) is 11.5 Å². The smallest absolute Gasteiger partial charge is 0.287 e. The summed E-state index contributed by atoms with van der Waals surface area (Å²) in [7, 11) is 0. The van der Waals surface area contributed by atoms with E-state index in [4.69, 9.17) is 9.47 Å². The van der Waals surface area contributed by atoms with Crippen molar-refractivity contribution in [3.63, 3.8) is 0 Å². The number of hydrazone groups is 1. The number of rotatable bonds is 6. The van der Waals surface area contributed by atoms with E-state index in [0.29, 0.717) is 22.6 Å². The number of nitrogens with one attached hydrogen (secondary N) is 2. The molecule has 0 atom stereocenters. The van der Waals surface area contributed by atoms with Gasteiger partial charge in [0.2, 0.25) is 6.79 Å². The van der Waals surface area contributed by atoms with Crippen LogP contribution >= 0.6 is 0 Å². The molecule has 3 aromatic carbocycles. The molecule has 3 aromatic rings. The van der Waals surface area contributed by atoms with Gasteiger partial charge in [-0.1, -0.05) is 54.6 Å². The van der Waals surface area contributed by atoms with Crippen LogP contribution in [0.5, 0.6) is 11.5 Å². The summed E-state index contributed by atoms with van der Waals surface area (Å²) in [6.07, 6.45) is 3.07. The summed E-state index contributed by atoms with van der Waals surface area (Å²) in [5.41, 5.74) is 4.42. The Bertz CT molecular complexity index is 1140. The van der Waals surface area contributed by atoms with E-state index in [-0.39, 0.29) is 12.5 Å². The summed E-state index contributed by atoms with van der Waals surface area (Å²) >= 11 is 0. The van der Waals surface area contributed by atoms with Crippen molar-refractivity contribution < 1.29 is 19.1 Å². The van der Waals surface area contributed by atoms with Crippen molar-refractivity contribution in [1.82, 2.24) is 10.7 Å². The predicted octanol–water partition coefficient (Wildman–Crippen LogP) is 3.34. The van der Waals surface area contributed by atoms with Crippen LogP contribution < -0.4 is 20.2 Å². The molecule has 0 fully saturated rings. The summed E-state index contributed by atoms with van der Waals surface area (Å²) in [4.78, 5) is 25.4. The zero-order chi connectivity index (χ0) is 21.5. The first-order chi connectivity index (χ1) is 15.2. The molecule has 7 nitrogen and oxygen atoms in total. The highest BCUT2D eigenvalue weighted by atomic mass is 16.7. The van der Waals surface area contributed by atoms with E-state index in [9.17, 15) is 9.59 Å². The number of benzene rings is 3. The third kappa shape index (κ3) is 5.16. The van der Waals surface area contributed by atoms with Gasteiger partial charge in [-0.15, -0.1) is 0 Å². The van der Waals surface area contributed by atoms with Crippen LogP contribution in [-0.4, -0.2) is 24.8 Å². The Balaban J connectivity index is 1.56. The fourth-order valence-electron chi connectivity index (χ4n) is 2.88. The molecule has 1 aliphatic heterocycles. The standard InChI is InChI=1S/C24H19N3O4/c28-23(19-9-5-2-6-10-19)26-20(13-18-11-12-21-22(14-18)31-16-30-21)24(29)27-25-15-17-7-3-1-4-8-17/h1-15H,16H2,(H,26,28)(H,27,29)/b20-13+,25-15-. The first-order valence-electron chi connectivity index (χ1n) is 9.55. The topological polar surface area (TPSA) is 89.0 Å². The molecule has 154 valence electrons. The van der Waals surface area contributed by atoms with Gasteiger partial charge in [0.05, 0.1) is 6.21 Å². The highest BCUT2D eigenvalue weighted by Gasteiger charge is 2.16. The monoisotopic (exact) mass is 413 g/mol. The molecule has 0 unspecified atom stereocenters. The minimum atomic E-state index is -0.561. The molecule has 7 heteroatoms. The van der Waals surface area contributed by atoms with Crippen LogP contribution in [0.4, 0.5) is 0 Å². The van der Waals surface area contributed by atoms with Crippen molar-refractivity contribution in [1.29, 1.82) is 0 Å². The molecular formula is C24H19N3O4. The Labute approximate surface area is 179 Å². The number of amides is 2. The maximum atomic E-state index is 12.8. The summed E-state index contributed by atoms with van der Waals surface area (Å²) in [5, 5.41) is 6.64. The first-order valence-corrected chi connectivity index (χ1v) is 9.55. The van der Waals surface area contributed by atoms with E-state index in [1.165, 1.54) is 6.21 Å². The molecular weight excluding hydrogens is 394 g/mol. The third-order valence-electron chi connectivity index (χ3n) is 4.42. The molecule has 0 aliphatic carbocycles. The number of hydrogen-bond acceptors (Lipinski definition) is 5. The van der Waals surface area contributed by atoms with Crippen LogP contribution in [0.3, 0.4) is 0 Å². The van der Waals surface area contributed by atoms with Crippen LogP contribution in [0, 0.1) is 0 Å². The van der Waals surface area contributed by atoms with Crippen molar-refractivity contribution in [2.75, 3.05) is 6.79 Å². The van der Waals surface area contributed by atoms with E-state index < -0.39 is 11.8 Å². The van der Waals surface area contributed by atoms with Crippen molar-refractivity contribution in [2.24, 2.45) is 5.10 Å². The molecule has 1 heterocycles. The normalized spacial score (nSPS) is 12.6. The summed E-state index contributed by atoms with van der Waals surface area (Å²) < 4.78 is 10.7. The fourth-order valence-corrected chi connectivity index (χ4v) is 2.88. The molecule has 0 radical (unpaired) electrons. The summed E-state index contributed by atoms with van der Waals surface area (Å²) in [5.74, 6) is 0.234. The number of fused-ring (bicyclic) bond motifs is 1. The second-order valence-electron chi connectivity index (χ2n) is 6.60. The van der Waals surface area contributed by atoms with Gasteiger partial charge < -0.3 is 14.8 Å². The van der Waals surface area contributed by atoms with Crippen LogP contribution in [0.15, 0.2) is 89.7 Å². The average molecular weight is 413 g/mol. The van der Waals surface area contributed by atoms with Gasteiger partial charge in [0.15, 0.2) is 11.5 Å². The predicted molar refractivity (Wildman–Crippen MR) is 117 cm³/mol. The molecule has 31 heavy (non-hydrogen) atoms. The van der Waals surface area contributed by atoms with Gasteiger partial charge in [0.1, 0.15) is 5.70 Å². The summed E-state index contributed by atoms with van der Waals surface area (Å²) in [6, 6.07) is 23.2. The second-order valence-corrected chi connectivity index (χ2v) is 6.60. The molecule has 0 saturated carbocycles. The summed E-state index contributed by atoms with van der Waals surface area (Å²) in [6.45, 7) is 0.148.